The Labute approximate surface area is 681 Å². The lowest BCUT2D eigenvalue weighted by Gasteiger charge is -2.29. The van der Waals surface area contributed by atoms with Crippen LogP contribution >= 0.6 is 0 Å². The minimum absolute atomic E-state index is 0.0386. The number of hydrogen-bond acceptors (Lipinski definition) is 15. The summed E-state index contributed by atoms with van der Waals surface area (Å²) in [6.45, 7) is 43.9. The molecule has 0 aliphatic heterocycles. The van der Waals surface area contributed by atoms with E-state index in [0.29, 0.717) is 73.0 Å². The zero-order valence-electron chi connectivity index (χ0n) is 71.7. The molecule has 0 spiro atoms. The van der Waals surface area contributed by atoms with Gasteiger partial charge in [0.25, 0.3) is 30.4 Å². The van der Waals surface area contributed by atoms with Crippen LogP contribution in [-0.4, -0.2) is 86.2 Å². The molecule has 0 atom stereocenters. The van der Waals surface area contributed by atoms with Gasteiger partial charge in [0.1, 0.15) is 74.1 Å². The standard InChI is InChI=1S/C96H120O15S3/c1-61-25-31-82(32-26-61)112(97,98)109-40-37-106-88-70-43-64-49-76(91(4,5)6)51-66(85(64)103-22)45-72-57-80(95(16,17)18)59-74(89(72)107-38-41-110-113(99,100)83-33-27-62(2)28-34-83)47-68-53-78(93(10,11)12)54-69(87(68)105-24)48-75-60-81(96(19,20)21)58-73(90(75)108-39-42-111-114(101,102)84-35-29-63(3)30-36-84)46-67-52-77(92(7,8)9)50-65(86(67)104-23)44-71(88)56-79(55-70)94(13,14)15/h25-36,49-60H,37-48H2,1-24H3. The van der Waals surface area contributed by atoms with Gasteiger partial charge in [0, 0.05) is 38.5 Å². The van der Waals surface area contributed by atoms with Crippen molar-refractivity contribution < 1.29 is 66.2 Å². The summed E-state index contributed by atoms with van der Waals surface area (Å²) >= 11 is 0. The molecule has 0 radical (unpaired) electrons. The first kappa shape index (κ1) is 87.9. The van der Waals surface area contributed by atoms with Crippen molar-refractivity contribution in [1.82, 2.24) is 0 Å². The highest BCUT2D eigenvalue weighted by molar-refractivity contribution is 7.87. The van der Waals surface area contributed by atoms with E-state index in [0.717, 1.165) is 117 Å². The molecular weight excluding hydrogens is 1490 g/mol. The molecule has 15 nitrogen and oxygen atoms in total. The van der Waals surface area contributed by atoms with Crippen LogP contribution in [-0.2, 0) is 114 Å². The predicted octanol–water partition coefficient (Wildman–Crippen LogP) is 20.6. The van der Waals surface area contributed by atoms with Gasteiger partial charge in [0.05, 0.1) is 36.0 Å². The summed E-state index contributed by atoms with van der Waals surface area (Å²) in [7, 11) is -7.48. The van der Waals surface area contributed by atoms with Crippen molar-refractivity contribution in [1.29, 1.82) is 0 Å². The topological polar surface area (TPSA) is 185 Å². The van der Waals surface area contributed by atoms with Crippen LogP contribution in [0.1, 0.15) is 241 Å². The number of aryl methyl sites for hydroxylation is 3. The first-order valence-corrected chi connectivity index (χ1v) is 43.7. The van der Waals surface area contributed by atoms with Crippen molar-refractivity contribution in [2.75, 3.05) is 61.0 Å². The summed E-state index contributed by atoms with van der Waals surface area (Å²) in [5.74, 6) is 3.58. The average molecular weight is 1610 g/mol. The summed E-state index contributed by atoms with van der Waals surface area (Å²) < 4.78 is 143. The van der Waals surface area contributed by atoms with Crippen LogP contribution in [0.3, 0.4) is 0 Å². The monoisotopic (exact) mass is 1610 g/mol. The quantitative estimate of drug-likeness (QED) is 0.0488. The maximum Gasteiger partial charge on any atom is 0.297 e. The Morgan fingerprint density at radius 3 is 0.526 bits per heavy atom. The Balaban J connectivity index is 1.29. The van der Waals surface area contributed by atoms with E-state index in [1.54, 1.807) is 94.1 Å². The molecular formula is C96H120O15S3. The second-order valence-electron chi connectivity index (χ2n) is 36.7. The summed E-state index contributed by atoms with van der Waals surface area (Å²) in [6, 6.07) is 46.3. The zero-order chi connectivity index (χ0) is 83.6. The lowest BCUT2D eigenvalue weighted by atomic mass is 9.79. The summed E-state index contributed by atoms with van der Waals surface area (Å²) in [6.07, 6.45) is 1.79. The van der Waals surface area contributed by atoms with Crippen LogP contribution in [0.2, 0.25) is 0 Å². The molecule has 0 fully saturated rings. The average Bonchev–Trinajstić information content (AvgIpc) is 0.766. The van der Waals surface area contributed by atoms with Gasteiger partial charge in [0.2, 0.25) is 0 Å². The summed E-state index contributed by atoms with van der Waals surface area (Å²) in [5.41, 5.74) is 16.7. The molecule has 612 valence electrons. The van der Waals surface area contributed by atoms with Crippen molar-refractivity contribution >= 4 is 30.4 Å². The third-order valence-electron chi connectivity index (χ3n) is 21.2. The third-order valence-corrected chi connectivity index (χ3v) is 25.2. The Bertz CT molecular complexity index is 4650. The lowest BCUT2D eigenvalue weighted by molar-refractivity contribution is 0.218. The molecule has 114 heavy (non-hydrogen) atoms. The fourth-order valence-electron chi connectivity index (χ4n) is 14.5. The number of methoxy groups -OCH3 is 3. The Kier molecular flexibility index (Phi) is 26.5. The number of hydrogen-bond donors (Lipinski definition) is 0. The van der Waals surface area contributed by atoms with Crippen molar-refractivity contribution in [2.45, 2.75) is 231 Å². The van der Waals surface area contributed by atoms with Gasteiger partial charge in [-0.2, -0.15) is 25.3 Å². The van der Waals surface area contributed by atoms with E-state index >= 15 is 0 Å². The van der Waals surface area contributed by atoms with Crippen LogP contribution < -0.4 is 28.4 Å². The number of fused-ring (bicyclic) bond motifs is 12. The second-order valence-corrected chi connectivity index (χ2v) is 41.6. The van der Waals surface area contributed by atoms with Gasteiger partial charge in [-0.15, -0.1) is 0 Å². The van der Waals surface area contributed by atoms with Gasteiger partial charge >= 0.3 is 0 Å². The van der Waals surface area contributed by atoms with Crippen LogP contribution in [0.5, 0.6) is 34.5 Å². The van der Waals surface area contributed by atoms with E-state index in [4.69, 9.17) is 41.0 Å². The highest BCUT2D eigenvalue weighted by Crippen LogP contribution is 2.47. The summed E-state index contributed by atoms with van der Waals surface area (Å²) in [5, 5.41) is 0. The van der Waals surface area contributed by atoms with Crippen LogP contribution in [0.25, 0.3) is 0 Å². The molecule has 0 heterocycles. The Morgan fingerprint density at radius 2 is 0.386 bits per heavy atom. The maximum atomic E-state index is 13.9. The Hall–Kier alpha value is -8.49. The number of ether oxygens (including phenoxy) is 6. The first-order valence-electron chi connectivity index (χ1n) is 39.4. The molecule has 12 bridgehead atoms. The SMILES string of the molecule is COc1c2cc(C(C)(C)C)cc1Cc1cc(C(C)(C)C)cc(c1OCCOS(=O)(=O)c1ccc(C)cc1)Cc1cc(C(C)(C)C)cc(c1OC)Cc1cc(C(C)(C)C)cc(c1OCCOS(=O)(=O)c1ccc(C)cc1)Cc1cc(C(C)(C)C)cc(c1OC)Cc1cc(C(C)(C)C)cc(c1OCCOS(=O)(=O)c1ccc(C)cc1)C2. The van der Waals surface area contributed by atoms with Crippen LogP contribution in [0, 0.1) is 20.8 Å². The normalized spacial score (nSPS) is 13.6. The molecule has 0 aromatic heterocycles. The molecule has 9 aromatic carbocycles. The lowest BCUT2D eigenvalue weighted by Crippen LogP contribution is -2.18. The molecule has 0 N–H and O–H groups in total. The summed E-state index contributed by atoms with van der Waals surface area (Å²) in [4.78, 5) is 0.116. The van der Waals surface area contributed by atoms with E-state index in [1.807, 2.05) is 20.8 Å². The van der Waals surface area contributed by atoms with Gasteiger partial charge in [-0.05, 0) is 190 Å². The van der Waals surface area contributed by atoms with Crippen molar-refractivity contribution in [2.24, 2.45) is 0 Å². The van der Waals surface area contributed by atoms with Crippen molar-refractivity contribution in [3.05, 3.63) is 262 Å². The molecule has 9 aromatic rings. The minimum atomic E-state index is -4.20. The van der Waals surface area contributed by atoms with Crippen molar-refractivity contribution in [3.8, 4) is 34.5 Å². The zero-order valence-corrected chi connectivity index (χ0v) is 74.1. The van der Waals surface area contributed by atoms with Gasteiger partial charge in [0.15, 0.2) is 0 Å². The van der Waals surface area contributed by atoms with E-state index in [2.05, 4.69) is 197 Å². The van der Waals surface area contributed by atoms with Gasteiger partial charge in [-0.3, -0.25) is 12.5 Å². The molecule has 0 saturated carbocycles. The second kappa shape index (κ2) is 34.4. The molecule has 1 aliphatic carbocycles. The highest BCUT2D eigenvalue weighted by Gasteiger charge is 2.33. The van der Waals surface area contributed by atoms with E-state index < -0.39 is 62.8 Å². The molecule has 10 rings (SSSR count). The molecule has 1 aliphatic rings. The molecule has 18 heteroatoms. The fourth-order valence-corrected chi connectivity index (χ4v) is 17.1. The van der Waals surface area contributed by atoms with Crippen LogP contribution in [0.4, 0.5) is 0 Å². The van der Waals surface area contributed by atoms with Gasteiger partial charge < -0.3 is 28.4 Å². The fraction of sp³-hybridized carbons (Fsp3) is 0.438. The van der Waals surface area contributed by atoms with E-state index in [1.165, 1.54) is 0 Å². The smallest absolute Gasteiger partial charge is 0.297 e. The molecule has 0 saturated heterocycles. The highest BCUT2D eigenvalue weighted by atomic mass is 32.2. The van der Waals surface area contributed by atoms with Crippen molar-refractivity contribution in [3.63, 3.8) is 0 Å². The first-order chi connectivity index (χ1) is 53.1. The third kappa shape index (κ3) is 21.4. The van der Waals surface area contributed by atoms with Crippen LogP contribution in [0.15, 0.2) is 160 Å². The van der Waals surface area contributed by atoms with E-state index in [-0.39, 0.29) is 54.3 Å². The maximum absolute atomic E-state index is 13.9. The van der Waals surface area contributed by atoms with E-state index in [9.17, 15) is 25.3 Å². The van der Waals surface area contributed by atoms with Gasteiger partial charge in [-0.1, -0.05) is 251 Å². The number of benzene rings is 9. The minimum Gasteiger partial charge on any atom is -0.496 e. The number of rotatable bonds is 21. The molecule has 0 unspecified atom stereocenters. The molecule has 0 amide bonds. The predicted molar refractivity (Wildman–Crippen MR) is 457 cm³/mol. The van der Waals surface area contributed by atoms with Gasteiger partial charge in [-0.25, -0.2) is 0 Å². The largest absolute Gasteiger partial charge is 0.496 e. The Morgan fingerprint density at radius 1 is 0.237 bits per heavy atom.